The van der Waals surface area contributed by atoms with Gasteiger partial charge in [0.25, 0.3) is 6.13 Å². The molecule has 0 aromatic carbocycles. The Morgan fingerprint density at radius 1 is 0.727 bits per heavy atom. The quantitative estimate of drug-likeness (QED) is 0.519. The molecule has 4 bridgehead atoms. The largest absolute Gasteiger partial charge is 0.257 e. The van der Waals surface area contributed by atoms with Crippen molar-refractivity contribution in [3.05, 3.63) is 0 Å². The van der Waals surface area contributed by atoms with Crippen molar-refractivity contribution < 1.29 is 0 Å². The lowest BCUT2D eigenvalue weighted by Crippen LogP contribution is -2.58. The smallest absolute Gasteiger partial charge is 0.195 e. The summed E-state index contributed by atoms with van der Waals surface area (Å²) in [5, 5.41) is 0. The van der Waals surface area contributed by atoms with E-state index in [4.69, 9.17) is 11.5 Å². The zero-order chi connectivity index (χ0) is 16.0. The second-order valence-electron chi connectivity index (χ2n) is 10.7. The van der Waals surface area contributed by atoms with Crippen LogP contribution >= 0.6 is 11.5 Å². The normalized spacial score (nSPS) is 54.1. The summed E-state index contributed by atoms with van der Waals surface area (Å²) in [6, 6.07) is 0. The third kappa shape index (κ3) is 1.84. The van der Waals surface area contributed by atoms with Crippen LogP contribution in [0, 0.1) is 46.3 Å². The van der Waals surface area contributed by atoms with Crippen LogP contribution in [0.15, 0.2) is 0 Å². The Balaban J connectivity index is 1.49. The first-order valence-electron chi connectivity index (χ1n) is 9.79. The molecule has 6 aliphatic rings. The van der Waals surface area contributed by atoms with Crippen LogP contribution in [0.5, 0.6) is 0 Å². The molecule has 2 unspecified atom stereocenters. The topological polar surface area (TPSA) is 0 Å². The molecule has 6 aliphatic carbocycles. The van der Waals surface area contributed by atoms with Crippen LogP contribution in [-0.2, 0) is 0 Å². The van der Waals surface area contributed by atoms with Gasteiger partial charge >= 0.3 is 0 Å². The fraction of sp³-hybridized carbons (Fsp3) is 1.00. The van der Waals surface area contributed by atoms with Gasteiger partial charge in [-0.05, 0) is 70.8 Å². The predicted molar refractivity (Wildman–Crippen MR) is 97.4 cm³/mol. The minimum Gasteiger partial charge on any atom is -0.195 e. The molecule has 0 aromatic rings. The fourth-order valence-corrected chi connectivity index (χ4v) is 8.20. The Morgan fingerprint density at radius 2 is 1.09 bits per heavy atom. The van der Waals surface area contributed by atoms with Gasteiger partial charge in [0.05, 0.1) is 0 Å². The summed E-state index contributed by atoms with van der Waals surface area (Å²) >= 11 is 7.19. The summed E-state index contributed by atoms with van der Waals surface area (Å²) in [5.41, 5.74) is 1.18. The molecule has 6 rings (SSSR count). The minimum atomic E-state index is 0.438. The lowest BCUT2D eigenvalue weighted by Gasteiger charge is -2.65. The van der Waals surface area contributed by atoms with Crippen molar-refractivity contribution in [1.82, 2.24) is 0 Å². The van der Waals surface area contributed by atoms with E-state index >= 15 is 0 Å². The van der Waals surface area contributed by atoms with E-state index in [1.165, 1.54) is 25.7 Å². The van der Waals surface area contributed by atoms with Crippen molar-refractivity contribution >= 4 is 17.6 Å². The van der Waals surface area contributed by atoms with Crippen LogP contribution < -0.4 is 0 Å². The van der Waals surface area contributed by atoms with Gasteiger partial charge in [0.2, 0.25) is 0 Å². The van der Waals surface area contributed by atoms with Gasteiger partial charge in [-0.15, -0.1) is 0 Å². The van der Waals surface area contributed by atoms with Gasteiger partial charge in [0.15, 0.2) is 0 Å². The van der Waals surface area contributed by atoms with E-state index in [0.29, 0.717) is 17.0 Å². The fourth-order valence-electron chi connectivity index (χ4n) is 7.54. The zero-order valence-electron chi connectivity index (χ0n) is 15.4. The summed E-state index contributed by atoms with van der Waals surface area (Å²) in [4.78, 5) is 0. The van der Waals surface area contributed by atoms with Gasteiger partial charge in [-0.2, -0.15) is 11.5 Å². The second kappa shape index (κ2) is 4.71. The van der Waals surface area contributed by atoms with Crippen LogP contribution in [0.3, 0.4) is 0 Å². The van der Waals surface area contributed by atoms with Gasteiger partial charge in [0.1, 0.15) is 0 Å². The number of fused-ring (bicyclic) bond motifs is 4. The van der Waals surface area contributed by atoms with E-state index < -0.39 is 0 Å². The number of hydrogen-bond donors (Lipinski definition) is 0. The van der Waals surface area contributed by atoms with Gasteiger partial charge in [0, 0.05) is 0 Å². The molecule has 2 heteroatoms. The molecular formula is C20H34BCl. The molecule has 0 nitrogen and oxygen atoms in total. The first-order valence-corrected chi connectivity index (χ1v) is 10.2. The van der Waals surface area contributed by atoms with Crippen LogP contribution in [-0.4, -0.2) is 6.13 Å². The molecule has 0 heterocycles. The average molecular weight is 321 g/mol. The number of halogens is 1. The summed E-state index contributed by atoms with van der Waals surface area (Å²) in [6.45, 7) is 15.0. The van der Waals surface area contributed by atoms with Gasteiger partial charge in [-0.1, -0.05) is 54.4 Å². The molecule has 22 heavy (non-hydrogen) atoms. The summed E-state index contributed by atoms with van der Waals surface area (Å²) in [5.74, 6) is 7.00. The zero-order valence-corrected chi connectivity index (χ0v) is 16.2. The van der Waals surface area contributed by atoms with E-state index in [1.807, 2.05) is 0 Å². The van der Waals surface area contributed by atoms with E-state index in [1.54, 1.807) is 0 Å². The maximum Gasteiger partial charge on any atom is 0.257 e. The molecule has 0 radical (unpaired) electrons. The predicted octanol–water partition coefficient (Wildman–Crippen LogP) is 6.36. The summed E-state index contributed by atoms with van der Waals surface area (Å²) < 4.78 is 0. The van der Waals surface area contributed by atoms with Crippen molar-refractivity contribution in [3.63, 3.8) is 0 Å². The van der Waals surface area contributed by atoms with Gasteiger partial charge in [-0.25, -0.2) is 0 Å². The molecule has 0 N–H and O–H groups in total. The summed E-state index contributed by atoms with van der Waals surface area (Å²) in [6.07, 6.45) is 6.20. The molecule has 6 saturated carbocycles. The highest BCUT2D eigenvalue weighted by molar-refractivity contribution is 7.08. The Bertz CT molecular complexity index is 428. The van der Waals surface area contributed by atoms with Gasteiger partial charge in [-0.3, -0.25) is 0 Å². The Hall–Kier alpha value is 0.355. The summed E-state index contributed by atoms with van der Waals surface area (Å²) in [7, 11) is 0. The third-order valence-electron chi connectivity index (χ3n) is 9.64. The lowest BCUT2D eigenvalue weighted by molar-refractivity contribution is -0.106. The lowest BCUT2D eigenvalue weighted by atomic mass is 9.30. The van der Waals surface area contributed by atoms with Crippen molar-refractivity contribution in [3.8, 4) is 0 Å². The van der Waals surface area contributed by atoms with Crippen LogP contribution in [0.4, 0.5) is 0 Å². The monoisotopic (exact) mass is 320 g/mol. The number of rotatable bonds is 2. The standard InChI is InChI=1S/C20H34BCl/c1-11-15-7-13(19(15,3)4)9-17(11)21(22)18-10-14-8-16(12(18)2)20(14,5)6/h11-18H,7-10H2,1-6H3/t11?,12?,13-,14-,15+,16+,17+,18+/m0/s1. The van der Waals surface area contributed by atoms with Crippen molar-refractivity contribution in [2.75, 3.05) is 0 Å². The first kappa shape index (κ1) is 15.9. The number of hydrogen-bond acceptors (Lipinski definition) is 0. The SMILES string of the molecule is CC1[C@H]2C[C@@H](C[C@H]1B(Cl)[C@@H]1C[C@@H]3C[C@H](C1C)C3(C)C)C2(C)C. The molecule has 0 aromatic heterocycles. The Labute approximate surface area is 143 Å². The highest BCUT2D eigenvalue weighted by Crippen LogP contribution is 2.69. The molecule has 0 amide bonds. The molecule has 0 aliphatic heterocycles. The second-order valence-corrected chi connectivity index (χ2v) is 11.2. The van der Waals surface area contributed by atoms with Crippen LogP contribution in [0.25, 0.3) is 0 Å². The highest BCUT2D eigenvalue weighted by atomic mass is 35.5. The first-order chi connectivity index (χ1) is 10.2. The molecule has 124 valence electrons. The van der Waals surface area contributed by atoms with E-state index in [-0.39, 0.29) is 0 Å². The molecule has 6 fully saturated rings. The molecular weight excluding hydrogens is 286 g/mol. The molecule has 0 spiro atoms. The van der Waals surface area contributed by atoms with Gasteiger partial charge < -0.3 is 0 Å². The van der Waals surface area contributed by atoms with E-state index in [9.17, 15) is 0 Å². The maximum atomic E-state index is 7.19. The maximum absolute atomic E-state index is 7.19. The third-order valence-corrected chi connectivity index (χ3v) is 10.3. The molecule has 8 atom stereocenters. The van der Waals surface area contributed by atoms with Crippen molar-refractivity contribution in [2.24, 2.45) is 46.3 Å². The van der Waals surface area contributed by atoms with Crippen LogP contribution in [0.1, 0.15) is 67.2 Å². The van der Waals surface area contributed by atoms with Crippen LogP contribution in [0.2, 0.25) is 11.6 Å². The average Bonchev–Trinajstić information content (AvgIpc) is 2.45. The Morgan fingerprint density at radius 3 is 1.36 bits per heavy atom. The van der Waals surface area contributed by atoms with Crippen molar-refractivity contribution in [2.45, 2.75) is 78.9 Å². The minimum absolute atomic E-state index is 0.438. The molecule has 0 saturated heterocycles. The highest BCUT2D eigenvalue weighted by Gasteiger charge is 2.62. The van der Waals surface area contributed by atoms with Crippen molar-refractivity contribution in [1.29, 1.82) is 0 Å². The van der Waals surface area contributed by atoms with E-state index in [2.05, 4.69) is 41.5 Å². The Kier molecular flexibility index (Phi) is 3.39. The van der Waals surface area contributed by atoms with E-state index in [0.717, 1.165) is 47.1 Å².